The van der Waals surface area contributed by atoms with E-state index in [-0.39, 0.29) is 24.3 Å². The van der Waals surface area contributed by atoms with Crippen molar-refractivity contribution in [2.45, 2.75) is 20.0 Å². The Balaban J connectivity index is 1.74. The zero-order chi connectivity index (χ0) is 21.1. The van der Waals surface area contributed by atoms with Crippen molar-refractivity contribution in [3.05, 3.63) is 99.0 Å². The fourth-order valence-electron chi connectivity index (χ4n) is 3.16. The Kier molecular flexibility index (Phi) is 5.21. The summed E-state index contributed by atoms with van der Waals surface area (Å²) in [6, 6.07) is 16.5. The molecule has 0 fully saturated rings. The lowest BCUT2D eigenvalue weighted by Crippen LogP contribution is -2.42. The zero-order valence-corrected chi connectivity index (χ0v) is 16.3. The smallest absolute Gasteiger partial charge is 0.325 e. The van der Waals surface area contributed by atoms with Gasteiger partial charge in [-0.25, -0.2) is 14.8 Å². The number of aryl methyl sites for hydroxylation is 1. The van der Waals surface area contributed by atoms with Crippen molar-refractivity contribution < 1.29 is 4.79 Å². The highest BCUT2D eigenvalue weighted by Gasteiger charge is 2.17. The molecule has 2 aromatic heterocycles. The first kappa shape index (κ1) is 19.3. The number of carbonyl (C=O) groups excluding carboxylic acids is 1. The Morgan fingerprint density at radius 2 is 1.63 bits per heavy atom. The predicted octanol–water partition coefficient (Wildman–Crippen LogP) is 1.95. The molecular formula is C22H19N5O3. The van der Waals surface area contributed by atoms with E-state index in [1.165, 1.54) is 17.0 Å². The number of anilines is 1. The molecular weight excluding hydrogens is 382 g/mol. The zero-order valence-electron chi connectivity index (χ0n) is 16.3. The molecule has 0 aliphatic heterocycles. The van der Waals surface area contributed by atoms with Crippen LogP contribution < -0.4 is 16.6 Å². The van der Waals surface area contributed by atoms with Crippen molar-refractivity contribution in [1.29, 1.82) is 0 Å². The summed E-state index contributed by atoms with van der Waals surface area (Å²) in [5, 5.41) is 2.76. The summed E-state index contributed by atoms with van der Waals surface area (Å²) >= 11 is 0. The van der Waals surface area contributed by atoms with Gasteiger partial charge in [-0.15, -0.1) is 0 Å². The van der Waals surface area contributed by atoms with Gasteiger partial charge in [-0.05, 0) is 24.6 Å². The molecule has 0 aliphatic carbocycles. The van der Waals surface area contributed by atoms with Gasteiger partial charge in [0.15, 0.2) is 11.2 Å². The Morgan fingerprint density at radius 1 is 0.933 bits per heavy atom. The maximum absolute atomic E-state index is 13.1. The van der Waals surface area contributed by atoms with Crippen LogP contribution in [0.25, 0.3) is 11.2 Å². The Hall–Kier alpha value is -4.07. The third-order valence-electron chi connectivity index (χ3n) is 4.66. The minimum atomic E-state index is -0.615. The molecule has 0 bridgehead atoms. The molecule has 1 amide bonds. The van der Waals surface area contributed by atoms with E-state index in [0.717, 1.165) is 15.7 Å². The average Bonchev–Trinajstić information content (AvgIpc) is 2.76. The lowest BCUT2D eigenvalue weighted by molar-refractivity contribution is -0.116. The molecule has 0 unspecified atom stereocenters. The molecule has 4 aromatic rings. The summed E-state index contributed by atoms with van der Waals surface area (Å²) in [4.78, 5) is 46.8. The first-order valence-electron chi connectivity index (χ1n) is 9.38. The number of benzene rings is 2. The van der Waals surface area contributed by atoms with E-state index in [0.29, 0.717) is 5.69 Å². The number of carbonyl (C=O) groups is 1. The minimum absolute atomic E-state index is 0.0381. The number of hydrogen-bond acceptors (Lipinski definition) is 5. The van der Waals surface area contributed by atoms with E-state index in [9.17, 15) is 14.4 Å². The van der Waals surface area contributed by atoms with Crippen molar-refractivity contribution in [2.24, 2.45) is 0 Å². The van der Waals surface area contributed by atoms with E-state index in [4.69, 9.17) is 0 Å². The van der Waals surface area contributed by atoms with E-state index in [1.54, 1.807) is 12.1 Å². The van der Waals surface area contributed by atoms with E-state index >= 15 is 0 Å². The number of aromatic nitrogens is 4. The van der Waals surface area contributed by atoms with Crippen LogP contribution in [-0.4, -0.2) is 25.0 Å². The molecule has 1 N–H and O–H groups in total. The summed E-state index contributed by atoms with van der Waals surface area (Å²) in [6.45, 7) is 1.73. The highest BCUT2D eigenvalue weighted by Crippen LogP contribution is 2.09. The van der Waals surface area contributed by atoms with E-state index in [1.807, 2.05) is 49.4 Å². The van der Waals surface area contributed by atoms with Crippen LogP contribution in [0.3, 0.4) is 0 Å². The quantitative estimate of drug-likeness (QED) is 0.551. The number of nitrogens with one attached hydrogen (secondary N) is 1. The minimum Gasteiger partial charge on any atom is -0.325 e. The second kappa shape index (κ2) is 8.12. The number of rotatable bonds is 5. The van der Waals surface area contributed by atoms with Gasteiger partial charge < -0.3 is 5.32 Å². The van der Waals surface area contributed by atoms with Crippen molar-refractivity contribution >= 4 is 22.8 Å². The summed E-state index contributed by atoms with van der Waals surface area (Å²) in [7, 11) is 0. The molecule has 0 radical (unpaired) electrons. The molecule has 0 spiro atoms. The molecule has 0 aliphatic rings. The normalized spacial score (nSPS) is 10.8. The predicted molar refractivity (Wildman–Crippen MR) is 113 cm³/mol. The molecule has 0 atom stereocenters. The lowest BCUT2D eigenvalue weighted by atomic mass is 10.2. The van der Waals surface area contributed by atoms with Gasteiger partial charge >= 0.3 is 5.69 Å². The number of hydrogen-bond donors (Lipinski definition) is 1. The molecule has 150 valence electrons. The van der Waals surface area contributed by atoms with Gasteiger partial charge in [0.25, 0.3) is 5.56 Å². The Morgan fingerprint density at radius 3 is 2.37 bits per heavy atom. The van der Waals surface area contributed by atoms with Gasteiger partial charge in [0.05, 0.1) is 6.54 Å². The van der Waals surface area contributed by atoms with Crippen LogP contribution in [-0.2, 0) is 17.9 Å². The fourth-order valence-corrected chi connectivity index (χ4v) is 3.16. The van der Waals surface area contributed by atoms with Crippen LogP contribution in [0, 0.1) is 6.92 Å². The summed E-state index contributed by atoms with van der Waals surface area (Å²) in [6.07, 6.45) is 2.77. The van der Waals surface area contributed by atoms with Gasteiger partial charge in [-0.3, -0.25) is 18.7 Å². The molecule has 4 rings (SSSR count). The van der Waals surface area contributed by atoms with Crippen LogP contribution >= 0.6 is 0 Å². The fraction of sp³-hybridized carbons (Fsp3) is 0.136. The largest absolute Gasteiger partial charge is 0.333 e. The van der Waals surface area contributed by atoms with E-state index in [2.05, 4.69) is 15.3 Å². The topological polar surface area (TPSA) is 98.9 Å². The number of nitrogens with zero attached hydrogens (tertiary/aromatic N) is 4. The summed E-state index contributed by atoms with van der Waals surface area (Å²) < 4.78 is 2.25. The van der Waals surface area contributed by atoms with Crippen LogP contribution in [0.1, 0.15) is 11.1 Å². The number of fused-ring (bicyclic) bond motifs is 1. The van der Waals surface area contributed by atoms with Gasteiger partial charge in [-0.1, -0.05) is 48.0 Å². The van der Waals surface area contributed by atoms with Gasteiger partial charge in [0.1, 0.15) is 6.54 Å². The van der Waals surface area contributed by atoms with Gasteiger partial charge in [0.2, 0.25) is 5.91 Å². The lowest BCUT2D eigenvalue weighted by Gasteiger charge is -2.13. The molecule has 2 heterocycles. The van der Waals surface area contributed by atoms with Gasteiger partial charge in [-0.2, -0.15) is 0 Å². The Labute approximate surface area is 171 Å². The van der Waals surface area contributed by atoms with Crippen molar-refractivity contribution in [3.63, 3.8) is 0 Å². The monoisotopic (exact) mass is 401 g/mol. The van der Waals surface area contributed by atoms with E-state index < -0.39 is 17.2 Å². The maximum atomic E-state index is 13.1. The highest BCUT2D eigenvalue weighted by atomic mass is 16.2. The second-order valence-electron chi connectivity index (χ2n) is 6.89. The average molecular weight is 401 g/mol. The first-order valence-corrected chi connectivity index (χ1v) is 9.38. The number of amides is 1. The molecule has 2 aromatic carbocycles. The molecule has 30 heavy (non-hydrogen) atoms. The molecule has 8 heteroatoms. The van der Waals surface area contributed by atoms with Crippen LogP contribution in [0.15, 0.2) is 76.6 Å². The third kappa shape index (κ3) is 3.88. The van der Waals surface area contributed by atoms with Crippen LogP contribution in [0.4, 0.5) is 5.69 Å². The molecule has 0 saturated carbocycles. The third-order valence-corrected chi connectivity index (χ3v) is 4.66. The van der Waals surface area contributed by atoms with Crippen LogP contribution in [0.5, 0.6) is 0 Å². The molecule has 0 saturated heterocycles. The Bertz CT molecular complexity index is 1330. The highest BCUT2D eigenvalue weighted by molar-refractivity contribution is 5.91. The molecule has 8 nitrogen and oxygen atoms in total. The van der Waals surface area contributed by atoms with Crippen molar-refractivity contribution in [1.82, 2.24) is 19.1 Å². The SMILES string of the molecule is Cc1ccc(NC(=O)Cn2c(=O)n(Cc3ccccc3)c(=O)c3nccnc32)cc1. The standard InChI is InChI=1S/C22H19N5O3/c1-15-7-9-17(10-8-15)25-18(28)14-26-20-19(23-11-12-24-20)21(29)27(22(26)30)13-16-5-3-2-4-6-16/h2-12H,13-14H2,1H3,(H,25,28). The summed E-state index contributed by atoms with van der Waals surface area (Å²) in [5.74, 6) is -0.405. The maximum Gasteiger partial charge on any atom is 0.333 e. The van der Waals surface area contributed by atoms with Crippen molar-refractivity contribution in [3.8, 4) is 0 Å². The summed E-state index contributed by atoms with van der Waals surface area (Å²) in [5.41, 5.74) is 1.44. The second-order valence-corrected chi connectivity index (χ2v) is 6.89. The van der Waals surface area contributed by atoms with Crippen molar-refractivity contribution in [2.75, 3.05) is 5.32 Å². The van der Waals surface area contributed by atoms with Crippen LogP contribution in [0.2, 0.25) is 0 Å². The van der Waals surface area contributed by atoms with Gasteiger partial charge in [0, 0.05) is 18.1 Å². The first-order chi connectivity index (χ1) is 14.5.